The quantitative estimate of drug-likeness (QED) is 0.571. The summed E-state index contributed by atoms with van der Waals surface area (Å²) in [6.07, 6.45) is 0.948. The highest BCUT2D eigenvalue weighted by molar-refractivity contribution is 6.05. The summed E-state index contributed by atoms with van der Waals surface area (Å²) in [5.41, 5.74) is 5.84. The highest BCUT2D eigenvalue weighted by Gasteiger charge is 2.40. The number of carbonyl (C=O) groups excluding carboxylic acids is 1. The molecule has 4 heteroatoms. The number of aryl methyl sites for hydroxylation is 2. The van der Waals surface area contributed by atoms with Crippen LogP contribution in [0.25, 0.3) is 5.57 Å². The zero-order chi connectivity index (χ0) is 22.0. The van der Waals surface area contributed by atoms with Gasteiger partial charge in [0.2, 0.25) is 0 Å². The number of hydrogen-bond acceptors (Lipinski definition) is 3. The first-order valence-corrected chi connectivity index (χ1v) is 10.5. The van der Waals surface area contributed by atoms with E-state index >= 15 is 0 Å². The Bertz CT molecular complexity index is 1100. The van der Waals surface area contributed by atoms with Gasteiger partial charge in [-0.3, -0.25) is 4.79 Å². The van der Waals surface area contributed by atoms with Gasteiger partial charge in [-0.25, -0.2) is 0 Å². The average molecular weight is 414 g/mol. The van der Waals surface area contributed by atoms with Crippen LogP contribution >= 0.6 is 0 Å². The Morgan fingerprint density at radius 1 is 0.903 bits per heavy atom. The smallest absolute Gasteiger partial charge is 0.290 e. The molecule has 31 heavy (non-hydrogen) atoms. The summed E-state index contributed by atoms with van der Waals surface area (Å²) in [4.78, 5) is 14.9. The zero-order valence-electron chi connectivity index (χ0n) is 18.1. The molecule has 0 spiro atoms. The van der Waals surface area contributed by atoms with E-state index in [9.17, 15) is 9.90 Å². The Kier molecular flexibility index (Phi) is 5.81. The predicted octanol–water partition coefficient (Wildman–Crippen LogP) is 5.62. The number of amides is 1. The number of aliphatic hydroxyl groups is 1. The summed E-state index contributed by atoms with van der Waals surface area (Å²) in [7, 11) is 1.62. The molecular formula is C27H27NO3. The maximum absolute atomic E-state index is 13.2. The Morgan fingerprint density at radius 3 is 2.10 bits per heavy atom. The summed E-state index contributed by atoms with van der Waals surface area (Å²) in [5.74, 6) is 0.186. The van der Waals surface area contributed by atoms with Crippen molar-refractivity contribution in [3.8, 4) is 5.75 Å². The van der Waals surface area contributed by atoms with Gasteiger partial charge in [-0.2, -0.15) is 0 Å². The largest absolute Gasteiger partial charge is 0.503 e. The summed E-state index contributed by atoms with van der Waals surface area (Å²) in [6, 6.07) is 23.5. The Balaban J connectivity index is 1.78. The van der Waals surface area contributed by atoms with E-state index in [0.29, 0.717) is 12.1 Å². The van der Waals surface area contributed by atoms with Gasteiger partial charge in [0.05, 0.1) is 13.2 Å². The van der Waals surface area contributed by atoms with E-state index in [0.717, 1.165) is 28.9 Å². The Hall–Kier alpha value is -3.53. The molecule has 0 aromatic heterocycles. The Morgan fingerprint density at radius 2 is 1.52 bits per heavy atom. The lowest BCUT2D eigenvalue weighted by molar-refractivity contribution is -0.130. The van der Waals surface area contributed by atoms with E-state index in [2.05, 4.69) is 31.2 Å². The van der Waals surface area contributed by atoms with Crippen LogP contribution < -0.4 is 4.74 Å². The third-order valence-corrected chi connectivity index (χ3v) is 5.88. The van der Waals surface area contributed by atoms with Gasteiger partial charge in [0.25, 0.3) is 5.91 Å². The molecule has 1 aliphatic heterocycles. The number of methoxy groups -OCH3 is 1. The number of carbonyl (C=O) groups is 1. The minimum Gasteiger partial charge on any atom is -0.503 e. The fourth-order valence-corrected chi connectivity index (χ4v) is 4.05. The third-order valence-electron chi connectivity index (χ3n) is 5.88. The van der Waals surface area contributed by atoms with E-state index in [4.69, 9.17) is 4.74 Å². The lowest BCUT2D eigenvalue weighted by Gasteiger charge is -2.28. The van der Waals surface area contributed by atoms with Crippen LogP contribution in [-0.2, 0) is 17.8 Å². The van der Waals surface area contributed by atoms with Crippen molar-refractivity contribution < 1.29 is 14.6 Å². The van der Waals surface area contributed by atoms with Crippen molar-refractivity contribution in [1.82, 2.24) is 4.90 Å². The van der Waals surface area contributed by atoms with Crippen molar-refractivity contribution >= 4 is 11.5 Å². The van der Waals surface area contributed by atoms with Gasteiger partial charge in [0, 0.05) is 12.1 Å². The molecule has 158 valence electrons. The van der Waals surface area contributed by atoms with Crippen LogP contribution in [0.2, 0.25) is 0 Å². The third kappa shape index (κ3) is 4.06. The molecule has 1 N–H and O–H groups in total. The standard InChI is InChI=1S/C27H27NO3/c1-4-19-9-11-22(12-10-19)25-24(21-13-15-23(31-3)16-14-21)26(29)27(30)28(25)17-20-7-5-18(2)6-8-20/h5-16,25,29H,4,17H2,1-3H3/t25-/m1/s1. The van der Waals surface area contributed by atoms with E-state index < -0.39 is 0 Å². The summed E-state index contributed by atoms with van der Waals surface area (Å²) >= 11 is 0. The SMILES string of the molecule is CCc1ccc([C@@H]2C(c3ccc(OC)cc3)=C(O)C(=O)N2Cc2ccc(C)cc2)cc1. The van der Waals surface area contributed by atoms with E-state index in [1.807, 2.05) is 55.5 Å². The summed E-state index contributed by atoms with van der Waals surface area (Å²) in [6.45, 7) is 4.58. The molecular weight excluding hydrogens is 386 g/mol. The average Bonchev–Trinajstić information content (AvgIpc) is 3.05. The number of hydrogen-bond donors (Lipinski definition) is 1. The molecule has 0 unspecified atom stereocenters. The molecule has 0 aliphatic carbocycles. The summed E-state index contributed by atoms with van der Waals surface area (Å²) < 4.78 is 5.27. The second-order valence-corrected chi connectivity index (χ2v) is 7.91. The molecule has 4 nitrogen and oxygen atoms in total. The monoisotopic (exact) mass is 413 g/mol. The molecule has 4 rings (SSSR count). The highest BCUT2D eigenvalue weighted by Crippen LogP contribution is 2.44. The number of benzene rings is 3. The van der Waals surface area contributed by atoms with Crippen LogP contribution in [0.4, 0.5) is 0 Å². The molecule has 1 amide bonds. The van der Waals surface area contributed by atoms with E-state index in [1.54, 1.807) is 12.0 Å². The van der Waals surface area contributed by atoms with Gasteiger partial charge in [0.15, 0.2) is 5.76 Å². The van der Waals surface area contributed by atoms with E-state index in [1.165, 1.54) is 11.1 Å². The van der Waals surface area contributed by atoms with Gasteiger partial charge >= 0.3 is 0 Å². The molecule has 0 saturated heterocycles. The second-order valence-electron chi connectivity index (χ2n) is 7.91. The number of ether oxygens (including phenoxy) is 1. The fraction of sp³-hybridized carbons (Fsp3) is 0.222. The maximum atomic E-state index is 13.2. The van der Waals surface area contributed by atoms with Crippen molar-refractivity contribution in [1.29, 1.82) is 0 Å². The molecule has 1 aliphatic rings. The zero-order valence-corrected chi connectivity index (χ0v) is 18.1. The van der Waals surface area contributed by atoms with Crippen LogP contribution in [0.5, 0.6) is 5.75 Å². The topological polar surface area (TPSA) is 49.8 Å². The highest BCUT2D eigenvalue weighted by atomic mass is 16.5. The number of rotatable bonds is 6. The molecule has 0 fully saturated rings. The van der Waals surface area contributed by atoms with Gasteiger partial charge < -0.3 is 14.7 Å². The molecule has 0 saturated carbocycles. The van der Waals surface area contributed by atoms with Crippen LogP contribution in [0.1, 0.15) is 40.8 Å². The van der Waals surface area contributed by atoms with Crippen LogP contribution in [-0.4, -0.2) is 23.0 Å². The first kappa shape index (κ1) is 20.7. The lowest BCUT2D eigenvalue weighted by atomic mass is 9.92. The summed E-state index contributed by atoms with van der Waals surface area (Å²) in [5, 5.41) is 10.9. The predicted molar refractivity (Wildman–Crippen MR) is 123 cm³/mol. The van der Waals surface area contributed by atoms with Crippen molar-refractivity contribution in [2.24, 2.45) is 0 Å². The van der Waals surface area contributed by atoms with Crippen LogP contribution in [0, 0.1) is 6.92 Å². The molecule has 1 atom stereocenters. The first-order chi connectivity index (χ1) is 15.0. The maximum Gasteiger partial charge on any atom is 0.290 e. The minimum atomic E-state index is -0.367. The Labute approximate surface area is 183 Å². The van der Waals surface area contributed by atoms with E-state index in [-0.39, 0.29) is 17.7 Å². The fourth-order valence-electron chi connectivity index (χ4n) is 4.05. The second kappa shape index (κ2) is 8.68. The van der Waals surface area contributed by atoms with Crippen molar-refractivity contribution in [3.63, 3.8) is 0 Å². The van der Waals surface area contributed by atoms with Gasteiger partial charge in [0.1, 0.15) is 5.75 Å². The van der Waals surface area contributed by atoms with Gasteiger partial charge in [-0.15, -0.1) is 0 Å². The molecule has 0 radical (unpaired) electrons. The van der Waals surface area contributed by atoms with Crippen molar-refractivity contribution in [2.45, 2.75) is 32.9 Å². The minimum absolute atomic E-state index is 0.193. The van der Waals surface area contributed by atoms with Crippen molar-refractivity contribution in [3.05, 3.63) is 106 Å². The molecule has 3 aromatic carbocycles. The molecule has 0 bridgehead atoms. The number of aliphatic hydroxyl groups excluding tert-OH is 1. The molecule has 1 heterocycles. The normalized spacial score (nSPS) is 16.2. The molecule has 3 aromatic rings. The van der Waals surface area contributed by atoms with Crippen molar-refractivity contribution in [2.75, 3.05) is 7.11 Å². The van der Waals surface area contributed by atoms with Crippen LogP contribution in [0.15, 0.2) is 78.6 Å². The van der Waals surface area contributed by atoms with Gasteiger partial charge in [-0.1, -0.05) is 73.2 Å². The van der Waals surface area contributed by atoms with Gasteiger partial charge in [-0.05, 0) is 47.7 Å². The van der Waals surface area contributed by atoms with Crippen LogP contribution in [0.3, 0.4) is 0 Å². The lowest BCUT2D eigenvalue weighted by Crippen LogP contribution is -2.29. The first-order valence-electron chi connectivity index (χ1n) is 10.5. The number of nitrogens with zero attached hydrogens (tertiary/aromatic N) is 1.